The summed E-state index contributed by atoms with van der Waals surface area (Å²) in [5.74, 6) is 4.20. The highest BCUT2D eigenvalue weighted by atomic mass is 16.5. The fourth-order valence-corrected chi connectivity index (χ4v) is 5.78. The van der Waals surface area contributed by atoms with E-state index < -0.39 is 0 Å². The zero-order chi connectivity index (χ0) is 15.4. The molecule has 4 rings (SSSR count). The van der Waals surface area contributed by atoms with Gasteiger partial charge >= 0.3 is 0 Å². The molecular weight excluding hydrogens is 276 g/mol. The number of hydrogen-bond donors (Lipinski definition) is 1. The molecule has 22 heavy (non-hydrogen) atoms. The quantitative estimate of drug-likeness (QED) is 0.931. The van der Waals surface area contributed by atoms with E-state index in [9.17, 15) is 4.79 Å². The normalized spacial score (nSPS) is 37.3. The third kappa shape index (κ3) is 2.03. The summed E-state index contributed by atoms with van der Waals surface area (Å²) in [5.41, 5.74) is 1.79. The van der Waals surface area contributed by atoms with Gasteiger partial charge in [-0.1, -0.05) is 11.6 Å². The van der Waals surface area contributed by atoms with Crippen LogP contribution in [0.4, 0.5) is 0 Å². The molecule has 4 nitrogen and oxygen atoms in total. The molecular formula is C18H26N2O2. The highest BCUT2D eigenvalue weighted by Crippen LogP contribution is 2.58. The molecule has 1 aromatic heterocycles. The van der Waals surface area contributed by atoms with Crippen molar-refractivity contribution in [2.75, 3.05) is 0 Å². The van der Waals surface area contributed by atoms with Crippen LogP contribution in [0, 0.1) is 37.5 Å². The average Bonchev–Trinajstić information content (AvgIpc) is 3.20. The van der Waals surface area contributed by atoms with Crippen molar-refractivity contribution in [3.63, 3.8) is 0 Å². The minimum Gasteiger partial charge on any atom is -0.361 e. The molecule has 3 saturated carbocycles. The van der Waals surface area contributed by atoms with Crippen molar-refractivity contribution in [1.82, 2.24) is 10.5 Å². The zero-order valence-electron chi connectivity index (χ0n) is 13.8. The van der Waals surface area contributed by atoms with Crippen molar-refractivity contribution >= 4 is 5.91 Å². The van der Waals surface area contributed by atoms with Crippen molar-refractivity contribution < 1.29 is 9.32 Å². The lowest BCUT2D eigenvalue weighted by Gasteiger charge is -2.32. The maximum Gasteiger partial charge on any atom is 0.227 e. The predicted octanol–water partition coefficient (Wildman–Crippen LogP) is 3.34. The summed E-state index contributed by atoms with van der Waals surface area (Å²) in [5, 5.41) is 7.34. The molecule has 2 bridgehead atoms. The van der Waals surface area contributed by atoms with E-state index in [1.807, 2.05) is 20.8 Å². The summed E-state index contributed by atoms with van der Waals surface area (Å²) < 4.78 is 5.21. The molecule has 120 valence electrons. The molecule has 6 atom stereocenters. The number of aromatic nitrogens is 1. The Kier molecular flexibility index (Phi) is 3.31. The van der Waals surface area contributed by atoms with Gasteiger partial charge < -0.3 is 9.84 Å². The van der Waals surface area contributed by atoms with E-state index >= 15 is 0 Å². The molecule has 0 spiro atoms. The Morgan fingerprint density at radius 3 is 2.73 bits per heavy atom. The van der Waals surface area contributed by atoms with E-state index in [1.54, 1.807) is 0 Å². The predicted molar refractivity (Wildman–Crippen MR) is 83.4 cm³/mol. The van der Waals surface area contributed by atoms with Gasteiger partial charge in [0.1, 0.15) is 5.76 Å². The van der Waals surface area contributed by atoms with E-state index in [4.69, 9.17) is 4.52 Å². The van der Waals surface area contributed by atoms with Gasteiger partial charge in [0.2, 0.25) is 5.91 Å². The molecule has 0 saturated heterocycles. The fraction of sp³-hybridized carbons (Fsp3) is 0.778. The molecule has 3 fully saturated rings. The summed E-state index contributed by atoms with van der Waals surface area (Å²) in [6, 6.07) is 0.403. The minimum absolute atomic E-state index is 0.140. The molecule has 0 radical (unpaired) electrons. The minimum atomic E-state index is -0.176. The second kappa shape index (κ2) is 5.10. The smallest absolute Gasteiger partial charge is 0.227 e. The van der Waals surface area contributed by atoms with E-state index in [1.165, 1.54) is 32.1 Å². The maximum atomic E-state index is 12.7. The van der Waals surface area contributed by atoms with Gasteiger partial charge in [-0.05, 0) is 70.1 Å². The Morgan fingerprint density at radius 1 is 1.23 bits per heavy atom. The summed E-state index contributed by atoms with van der Waals surface area (Å²) in [6.45, 7) is 5.77. The summed E-state index contributed by atoms with van der Waals surface area (Å²) in [4.78, 5) is 12.7. The number of aryl methyl sites for hydroxylation is 2. The highest BCUT2D eigenvalue weighted by molar-refractivity contribution is 5.84. The number of nitrogens with zero attached hydrogens (tertiary/aromatic N) is 1. The van der Waals surface area contributed by atoms with Crippen molar-refractivity contribution in [3.05, 3.63) is 17.0 Å². The van der Waals surface area contributed by atoms with E-state index in [-0.39, 0.29) is 11.8 Å². The molecule has 0 unspecified atom stereocenters. The van der Waals surface area contributed by atoms with Gasteiger partial charge in [-0.2, -0.15) is 0 Å². The first-order valence-electron chi connectivity index (χ1n) is 8.79. The van der Waals surface area contributed by atoms with Gasteiger partial charge in [0.15, 0.2) is 0 Å². The first-order chi connectivity index (χ1) is 10.6. The van der Waals surface area contributed by atoms with Gasteiger partial charge in [0, 0.05) is 11.6 Å². The Labute approximate surface area is 132 Å². The van der Waals surface area contributed by atoms with Crippen LogP contribution < -0.4 is 5.32 Å². The number of hydrogen-bond acceptors (Lipinski definition) is 3. The molecule has 3 aliphatic rings. The number of fused-ring (bicyclic) bond motifs is 5. The Morgan fingerprint density at radius 2 is 2.00 bits per heavy atom. The van der Waals surface area contributed by atoms with Crippen molar-refractivity contribution in [3.8, 4) is 0 Å². The second-order valence-electron chi connectivity index (χ2n) is 7.73. The largest absolute Gasteiger partial charge is 0.361 e. The summed E-state index contributed by atoms with van der Waals surface area (Å²) >= 11 is 0. The number of rotatable bonds is 3. The van der Waals surface area contributed by atoms with Crippen LogP contribution in [-0.4, -0.2) is 17.1 Å². The molecule has 0 aromatic carbocycles. The first-order valence-corrected chi connectivity index (χ1v) is 8.79. The lowest BCUT2D eigenvalue weighted by molar-refractivity contribution is -0.123. The molecule has 4 heteroatoms. The van der Waals surface area contributed by atoms with Gasteiger partial charge in [0.05, 0.1) is 11.6 Å². The van der Waals surface area contributed by atoms with Gasteiger partial charge in [0.25, 0.3) is 0 Å². The molecule has 3 aliphatic carbocycles. The molecule has 1 aromatic rings. The van der Waals surface area contributed by atoms with Crippen LogP contribution in [0.5, 0.6) is 0 Å². The van der Waals surface area contributed by atoms with Crippen LogP contribution >= 0.6 is 0 Å². The molecule has 0 aliphatic heterocycles. The van der Waals surface area contributed by atoms with E-state index in [0.717, 1.165) is 40.7 Å². The van der Waals surface area contributed by atoms with Gasteiger partial charge in [-0.25, -0.2) is 0 Å². The van der Waals surface area contributed by atoms with Crippen molar-refractivity contribution in [2.24, 2.45) is 23.7 Å². The SMILES string of the molecule is Cc1noc(C)c1[C@H](C)C(=O)N[C@@H]1C[C@H]2C[C@H]1[C@H]1CCC[C@H]21. The maximum absolute atomic E-state index is 12.7. The average molecular weight is 302 g/mol. The summed E-state index contributed by atoms with van der Waals surface area (Å²) in [6.07, 6.45) is 6.77. The molecule has 1 amide bonds. The third-order valence-electron chi connectivity index (χ3n) is 6.67. The lowest BCUT2D eigenvalue weighted by Crippen LogP contribution is -2.44. The Balaban J connectivity index is 1.45. The van der Waals surface area contributed by atoms with Crippen LogP contribution in [0.2, 0.25) is 0 Å². The van der Waals surface area contributed by atoms with E-state index in [0.29, 0.717) is 6.04 Å². The monoisotopic (exact) mass is 302 g/mol. The number of amides is 1. The van der Waals surface area contributed by atoms with Crippen molar-refractivity contribution in [1.29, 1.82) is 0 Å². The Hall–Kier alpha value is -1.32. The van der Waals surface area contributed by atoms with Gasteiger partial charge in [-0.3, -0.25) is 4.79 Å². The molecule has 1 N–H and O–H groups in total. The van der Waals surface area contributed by atoms with Crippen LogP contribution in [0.15, 0.2) is 4.52 Å². The van der Waals surface area contributed by atoms with Crippen LogP contribution in [0.25, 0.3) is 0 Å². The van der Waals surface area contributed by atoms with Crippen molar-refractivity contribution in [2.45, 2.75) is 64.8 Å². The third-order valence-corrected chi connectivity index (χ3v) is 6.67. The van der Waals surface area contributed by atoms with Gasteiger partial charge in [-0.15, -0.1) is 0 Å². The second-order valence-corrected chi connectivity index (χ2v) is 7.73. The Bertz CT molecular complexity index is 574. The van der Waals surface area contributed by atoms with Crippen LogP contribution in [-0.2, 0) is 4.79 Å². The zero-order valence-corrected chi connectivity index (χ0v) is 13.8. The topological polar surface area (TPSA) is 55.1 Å². The standard InChI is InChI=1S/C18H26N2O2/c1-9(17-10(2)20-22-11(17)3)18(21)19-16-8-12-7-15(16)14-6-4-5-13(12)14/h9,12-16H,4-8H2,1-3H3,(H,19,21)/t9-,12+,13+,14-,15-,16+/m0/s1. The number of carbonyl (C=O) groups excluding carboxylic acids is 1. The number of carbonyl (C=O) groups is 1. The number of nitrogens with one attached hydrogen (secondary N) is 1. The molecule has 1 heterocycles. The van der Waals surface area contributed by atoms with E-state index in [2.05, 4.69) is 10.5 Å². The first kappa shape index (κ1) is 14.3. The summed E-state index contributed by atoms with van der Waals surface area (Å²) in [7, 11) is 0. The van der Waals surface area contributed by atoms with Crippen LogP contribution in [0.1, 0.15) is 62.0 Å². The van der Waals surface area contributed by atoms with Crippen LogP contribution in [0.3, 0.4) is 0 Å². The lowest BCUT2D eigenvalue weighted by atomic mass is 9.79. The fourth-order valence-electron chi connectivity index (χ4n) is 5.78. The highest BCUT2D eigenvalue weighted by Gasteiger charge is 2.54.